The number of aldehydes is 1. The minimum absolute atomic E-state index is 0.160. The van der Waals surface area contributed by atoms with Crippen molar-refractivity contribution in [2.24, 2.45) is 14.1 Å². The number of hydrogen-bond donors (Lipinski definition) is 0. The normalized spacial score (nSPS) is 10.7. The molecule has 0 N–H and O–H groups in total. The molecule has 0 aliphatic carbocycles. The maximum absolute atomic E-state index is 11.6. The van der Waals surface area contributed by atoms with Gasteiger partial charge in [-0.25, -0.2) is 0 Å². The molecule has 0 saturated carbocycles. The molecule has 2 rings (SSSR count). The molecule has 0 aliphatic heterocycles. The van der Waals surface area contributed by atoms with Gasteiger partial charge < -0.3 is 0 Å². The first kappa shape index (κ1) is 8.68. The third-order valence-electron chi connectivity index (χ3n) is 2.24. The lowest BCUT2D eigenvalue weighted by Crippen LogP contribution is -2.22. The highest BCUT2D eigenvalue weighted by atomic mass is 16.1. The van der Waals surface area contributed by atoms with Gasteiger partial charge in [-0.3, -0.25) is 18.8 Å². The van der Waals surface area contributed by atoms with E-state index in [4.69, 9.17) is 0 Å². The Labute approximate surface area is 79.6 Å². The van der Waals surface area contributed by atoms with Crippen LogP contribution in [0.4, 0.5) is 0 Å². The maximum Gasteiger partial charge on any atom is 0.262 e. The van der Waals surface area contributed by atoms with Crippen LogP contribution >= 0.6 is 0 Å². The van der Waals surface area contributed by atoms with E-state index in [1.54, 1.807) is 31.0 Å². The van der Waals surface area contributed by atoms with Crippen molar-refractivity contribution in [2.75, 3.05) is 0 Å². The van der Waals surface area contributed by atoms with Crippen molar-refractivity contribution in [1.82, 2.24) is 14.3 Å². The van der Waals surface area contributed by atoms with Crippen molar-refractivity contribution in [3.05, 3.63) is 28.2 Å². The fourth-order valence-corrected chi connectivity index (χ4v) is 1.56. The lowest BCUT2D eigenvalue weighted by Gasteiger charge is -2.02. The van der Waals surface area contributed by atoms with E-state index >= 15 is 0 Å². The van der Waals surface area contributed by atoms with E-state index in [-0.39, 0.29) is 11.1 Å². The van der Waals surface area contributed by atoms with Gasteiger partial charge in [0.2, 0.25) is 0 Å². The number of hydrogen-bond acceptors (Lipinski definition) is 3. The van der Waals surface area contributed by atoms with Gasteiger partial charge in [-0.2, -0.15) is 5.10 Å². The van der Waals surface area contributed by atoms with Gasteiger partial charge in [0.1, 0.15) is 5.65 Å². The van der Waals surface area contributed by atoms with Crippen LogP contribution in [0.1, 0.15) is 10.4 Å². The lowest BCUT2D eigenvalue weighted by atomic mass is 10.2. The molecule has 0 spiro atoms. The van der Waals surface area contributed by atoms with Crippen LogP contribution in [0.3, 0.4) is 0 Å². The van der Waals surface area contributed by atoms with Gasteiger partial charge in [0.05, 0.1) is 11.8 Å². The van der Waals surface area contributed by atoms with Gasteiger partial charge in [-0.05, 0) is 6.07 Å². The number of aryl methyl sites for hydroxylation is 2. The van der Waals surface area contributed by atoms with E-state index in [0.29, 0.717) is 11.9 Å². The molecule has 0 amide bonds. The SMILES string of the molecule is Cn1ncc2cc(C=O)c(=O)n(C)c21. The summed E-state index contributed by atoms with van der Waals surface area (Å²) in [6.07, 6.45) is 2.19. The minimum atomic E-state index is -0.295. The van der Waals surface area contributed by atoms with E-state index in [0.717, 1.165) is 5.39 Å². The Bertz CT molecular complexity index is 565. The van der Waals surface area contributed by atoms with Gasteiger partial charge in [0.15, 0.2) is 6.29 Å². The number of pyridine rings is 1. The van der Waals surface area contributed by atoms with Crippen LogP contribution in [0.25, 0.3) is 11.0 Å². The highest BCUT2D eigenvalue weighted by molar-refractivity contribution is 5.84. The molecule has 5 nitrogen and oxygen atoms in total. The highest BCUT2D eigenvalue weighted by Crippen LogP contribution is 2.09. The molecule has 0 saturated heterocycles. The number of rotatable bonds is 1. The van der Waals surface area contributed by atoms with Crippen LogP contribution < -0.4 is 5.56 Å². The van der Waals surface area contributed by atoms with Crippen LogP contribution in [-0.2, 0) is 14.1 Å². The van der Waals surface area contributed by atoms with Crippen molar-refractivity contribution >= 4 is 17.3 Å². The highest BCUT2D eigenvalue weighted by Gasteiger charge is 2.08. The second-order valence-electron chi connectivity index (χ2n) is 3.13. The van der Waals surface area contributed by atoms with E-state index in [2.05, 4.69) is 5.10 Å². The van der Waals surface area contributed by atoms with Gasteiger partial charge in [0.25, 0.3) is 5.56 Å². The summed E-state index contributed by atoms with van der Waals surface area (Å²) in [5, 5.41) is 4.80. The van der Waals surface area contributed by atoms with Gasteiger partial charge in [-0.15, -0.1) is 0 Å². The summed E-state index contributed by atoms with van der Waals surface area (Å²) in [4.78, 5) is 22.1. The number of fused-ring (bicyclic) bond motifs is 1. The predicted molar refractivity (Wildman–Crippen MR) is 51.3 cm³/mol. The van der Waals surface area contributed by atoms with Crippen molar-refractivity contribution in [2.45, 2.75) is 0 Å². The summed E-state index contributed by atoms with van der Waals surface area (Å²) in [5.74, 6) is 0. The Kier molecular flexibility index (Phi) is 1.73. The topological polar surface area (TPSA) is 56.9 Å². The Morgan fingerprint density at radius 1 is 1.43 bits per heavy atom. The maximum atomic E-state index is 11.6. The monoisotopic (exact) mass is 191 g/mol. The first-order chi connectivity index (χ1) is 6.65. The molecule has 0 atom stereocenters. The molecule has 2 aromatic heterocycles. The Balaban J connectivity index is 3.02. The molecule has 0 fully saturated rings. The van der Waals surface area contributed by atoms with Crippen LogP contribution in [0.15, 0.2) is 17.1 Å². The number of carbonyl (C=O) groups excluding carboxylic acids is 1. The molecule has 0 unspecified atom stereocenters. The zero-order chi connectivity index (χ0) is 10.3. The zero-order valence-electron chi connectivity index (χ0n) is 7.89. The summed E-state index contributed by atoms with van der Waals surface area (Å²) in [7, 11) is 3.38. The number of carbonyl (C=O) groups is 1. The second kappa shape index (κ2) is 2.80. The van der Waals surface area contributed by atoms with E-state index in [1.807, 2.05) is 0 Å². The molecule has 14 heavy (non-hydrogen) atoms. The van der Waals surface area contributed by atoms with E-state index in [9.17, 15) is 9.59 Å². The fraction of sp³-hybridized carbons (Fsp3) is 0.222. The van der Waals surface area contributed by atoms with Crippen LogP contribution in [0.5, 0.6) is 0 Å². The average Bonchev–Trinajstić information content (AvgIpc) is 2.54. The summed E-state index contributed by atoms with van der Waals surface area (Å²) in [5.41, 5.74) is 0.574. The largest absolute Gasteiger partial charge is 0.298 e. The molecule has 2 aromatic rings. The number of nitrogens with zero attached hydrogens (tertiary/aromatic N) is 3. The first-order valence-corrected chi connectivity index (χ1v) is 4.12. The summed E-state index contributed by atoms with van der Waals surface area (Å²) in [6.45, 7) is 0. The van der Waals surface area contributed by atoms with Crippen LogP contribution in [0.2, 0.25) is 0 Å². The first-order valence-electron chi connectivity index (χ1n) is 4.12. The van der Waals surface area contributed by atoms with Crippen molar-refractivity contribution in [3.63, 3.8) is 0 Å². The Morgan fingerprint density at radius 3 is 2.79 bits per heavy atom. The minimum Gasteiger partial charge on any atom is -0.298 e. The van der Waals surface area contributed by atoms with Gasteiger partial charge >= 0.3 is 0 Å². The van der Waals surface area contributed by atoms with Gasteiger partial charge in [-0.1, -0.05) is 0 Å². The molecule has 0 aromatic carbocycles. The molecular weight excluding hydrogens is 182 g/mol. The van der Waals surface area contributed by atoms with Crippen molar-refractivity contribution in [3.8, 4) is 0 Å². The standard InChI is InChI=1S/C9H9N3O2/c1-11-8-6(4-10-12(8)2)3-7(5-13)9(11)14/h3-5H,1-2H3. The molecule has 5 heteroatoms. The molecule has 0 bridgehead atoms. The van der Waals surface area contributed by atoms with Crippen molar-refractivity contribution < 1.29 is 4.79 Å². The Hall–Kier alpha value is -1.91. The second-order valence-corrected chi connectivity index (χ2v) is 3.13. The van der Waals surface area contributed by atoms with Crippen molar-refractivity contribution in [1.29, 1.82) is 0 Å². The third-order valence-corrected chi connectivity index (χ3v) is 2.24. The smallest absolute Gasteiger partial charge is 0.262 e. The van der Waals surface area contributed by atoms with Gasteiger partial charge in [0, 0.05) is 19.5 Å². The predicted octanol–water partition coefficient (Wildman–Crippen LogP) is 0.0845. The van der Waals surface area contributed by atoms with Crippen LogP contribution in [-0.4, -0.2) is 20.6 Å². The van der Waals surface area contributed by atoms with Crippen LogP contribution in [0, 0.1) is 0 Å². The molecule has 0 radical (unpaired) electrons. The molecule has 72 valence electrons. The fourth-order valence-electron chi connectivity index (χ4n) is 1.56. The third kappa shape index (κ3) is 0.985. The molecule has 0 aliphatic rings. The summed E-state index contributed by atoms with van der Waals surface area (Å²) >= 11 is 0. The molecule has 2 heterocycles. The number of aromatic nitrogens is 3. The summed E-state index contributed by atoms with van der Waals surface area (Å²) in [6, 6.07) is 1.55. The quantitative estimate of drug-likeness (QED) is 0.600. The van der Waals surface area contributed by atoms with E-state index in [1.165, 1.54) is 4.57 Å². The average molecular weight is 191 g/mol. The molecular formula is C9H9N3O2. The Morgan fingerprint density at radius 2 is 2.14 bits per heavy atom. The summed E-state index contributed by atoms with van der Waals surface area (Å²) < 4.78 is 3.03. The zero-order valence-corrected chi connectivity index (χ0v) is 7.89. The lowest BCUT2D eigenvalue weighted by molar-refractivity contribution is 0.112. The van der Waals surface area contributed by atoms with E-state index < -0.39 is 0 Å².